The quantitative estimate of drug-likeness (QED) is 0.446. The minimum atomic E-state index is -3.82. The van der Waals surface area contributed by atoms with Crippen molar-refractivity contribution in [3.05, 3.63) is 29.8 Å². The number of rotatable bonds is 6. The highest BCUT2D eigenvalue weighted by Crippen LogP contribution is 2.46. The summed E-state index contributed by atoms with van der Waals surface area (Å²) in [5.74, 6) is 0. The molecule has 1 spiro atoms. The van der Waals surface area contributed by atoms with Crippen LogP contribution in [0.5, 0.6) is 0 Å². The Morgan fingerprint density at radius 3 is 2.34 bits per heavy atom. The van der Waals surface area contributed by atoms with Gasteiger partial charge in [-0.2, -0.15) is 8.42 Å². The van der Waals surface area contributed by atoms with Gasteiger partial charge in [0, 0.05) is 6.54 Å². The number of nitrogens with zero attached hydrogens (tertiary/aromatic N) is 1. The van der Waals surface area contributed by atoms with Crippen LogP contribution in [0.25, 0.3) is 0 Å². The lowest BCUT2D eigenvalue weighted by atomic mass is 9.66. The summed E-state index contributed by atoms with van der Waals surface area (Å²) in [5.41, 5.74) is 0.468. The van der Waals surface area contributed by atoms with E-state index in [4.69, 9.17) is 13.7 Å². The third-order valence-electron chi connectivity index (χ3n) is 6.40. The molecule has 3 rings (SSSR count). The number of amides is 1. The van der Waals surface area contributed by atoms with Crippen molar-refractivity contribution in [1.82, 2.24) is 4.90 Å². The Morgan fingerprint density at radius 2 is 1.72 bits per heavy atom. The molecule has 1 saturated carbocycles. The van der Waals surface area contributed by atoms with Gasteiger partial charge in [-0.1, -0.05) is 37.0 Å². The summed E-state index contributed by atoms with van der Waals surface area (Å²) in [7, 11) is -3.82. The Bertz CT molecular complexity index is 869. The Balaban J connectivity index is 1.60. The van der Waals surface area contributed by atoms with Crippen molar-refractivity contribution in [2.75, 3.05) is 26.3 Å². The predicted octanol–water partition coefficient (Wildman–Crippen LogP) is 4.68. The highest BCUT2D eigenvalue weighted by molar-refractivity contribution is 7.86. The van der Waals surface area contributed by atoms with Crippen molar-refractivity contribution in [2.24, 2.45) is 5.41 Å². The Labute approximate surface area is 192 Å². The fourth-order valence-electron chi connectivity index (χ4n) is 4.66. The zero-order chi connectivity index (χ0) is 23.4. The SMILES string of the molecule is Cc1ccc(S(=O)(=O)OCCOC2CN(C(=O)OC(C)(C)C)CCC23CCCCC3)cc1. The van der Waals surface area contributed by atoms with Crippen molar-refractivity contribution in [3.63, 3.8) is 0 Å². The van der Waals surface area contributed by atoms with Crippen LogP contribution in [0.15, 0.2) is 29.2 Å². The van der Waals surface area contributed by atoms with E-state index in [2.05, 4.69) is 0 Å². The topological polar surface area (TPSA) is 82.1 Å². The maximum atomic E-state index is 12.6. The van der Waals surface area contributed by atoms with Gasteiger partial charge < -0.3 is 14.4 Å². The highest BCUT2D eigenvalue weighted by Gasteiger charge is 2.45. The smallest absolute Gasteiger partial charge is 0.410 e. The molecule has 0 bridgehead atoms. The number of piperidine rings is 1. The molecule has 32 heavy (non-hydrogen) atoms. The molecule has 1 unspecified atom stereocenters. The first kappa shape index (κ1) is 25.0. The van der Waals surface area contributed by atoms with Gasteiger partial charge in [-0.25, -0.2) is 4.79 Å². The molecule has 1 heterocycles. The summed E-state index contributed by atoms with van der Waals surface area (Å²) < 4.78 is 41.8. The summed E-state index contributed by atoms with van der Waals surface area (Å²) in [6.07, 6.45) is 6.08. The van der Waals surface area contributed by atoms with Gasteiger partial charge >= 0.3 is 6.09 Å². The van der Waals surface area contributed by atoms with Crippen molar-refractivity contribution in [1.29, 1.82) is 0 Å². The van der Waals surface area contributed by atoms with Crippen LogP contribution in [0.2, 0.25) is 0 Å². The molecule has 0 N–H and O–H groups in total. The average molecular weight is 468 g/mol. The summed E-state index contributed by atoms with van der Waals surface area (Å²) in [6.45, 7) is 8.68. The molecule has 8 heteroatoms. The van der Waals surface area contributed by atoms with Gasteiger partial charge in [0.2, 0.25) is 0 Å². The third-order valence-corrected chi connectivity index (χ3v) is 7.73. The van der Waals surface area contributed by atoms with Gasteiger partial charge in [0.15, 0.2) is 0 Å². The Hall–Kier alpha value is -1.64. The van der Waals surface area contributed by atoms with Crippen LogP contribution in [-0.4, -0.2) is 57.4 Å². The molecular formula is C24H37NO6S. The molecule has 0 radical (unpaired) electrons. The third kappa shape index (κ3) is 6.45. The zero-order valence-corrected chi connectivity index (χ0v) is 20.6. The van der Waals surface area contributed by atoms with Gasteiger partial charge in [-0.15, -0.1) is 0 Å². The molecule has 1 saturated heterocycles. The second kappa shape index (κ2) is 10.1. The van der Waals surface area contributed by atoms with E-state index in [-0.39, 0.29) is 35.7 Å². The molecular weight excluding hydrogens is 430 g/mol. The van der Waals surface area contributed by atoms with E-state index >= 15 is 0 Å². The van der Waals surface area contributed by atoms with Crippen molar-refractivity contribution < 1.29 is 26.9 Å². The van der Waals surface area contributed by atoms with Gasteiger partial charge in [-0.05, 0) is 64.5 Å². The number of carbonyl (C=O) groups is 1. The fourth-order valence-corrected chi connectivity index (χ4v) is 5.55. The molecule has 1 aromatic rings. The van der Waals surface area contributed by atoms with E-state index in [0.717, 1.165) is 37.7 Å². The molecule has 180 valence electrons. The summed E-state index contributed by atoms with van der Waals surface area (Å²) in [6, 6.07) is 6.57. The van der Waals surface area contributed by atoms with E-state index < -0.39 is 15.7 Å². The number of hydrogen-bond donors (Lipinski definition) is 0. The van der Waals surface area contributed by atoms with Gasteiger partial charge in [0.25, 0.3) is 10.1 Å². The molecule has 1 aliphatic heterocycles. The van der Waals surface area contributed by atoms with E-state index in [1.165, 1.54) is 6.42 Å². The van der Waals surface area contributed by atoms with Crippen LogP contribution in [-0.2, 0) is 23.8 Å². The van der Waals surface area contributed by atoms with Crippen molar-refractivity contribution in [2.45, 2.75) is 82.8 Å². The van der Waals surface area contributed by atoms with Gasteiger partial charge in [-0.3, -0.25) is 4.18 Å². The lowest BCUT2D eigenvalue weighted by Gasteiger charge is -2.49. The van der Waals surface area contributed by atoms with Crippen LogP contribution >= 0.6 is 0 Å². The summed E-state index contributed by atoms with van der Waals surface area (Å²) in [5, 5.41) is 0. The van der Waals surface area contributed by atoms with Gasteiger partial charge in [0.05, 0.1) is 30.8 Å². The maximum absolute atomic E-state index is 12.6. The normalized spacial score (nSPS) is 21.5. The zero-order valence-electron chi connectivity index (χ0n) is 19.8. The maximum Gasteiger partial charge on any atom is 0.410 e. The molecule has 1 aromatic carbocycles. The lowest BCUT2D eigenvalue weighted by molar-refractivity contribution is -0.109. The molecule has 1 atom stereocenters. The number of likely N-dealkylation sites (tertiary alicyclic amines) is 1. The van der Waals surface area contributed by atoms with Crippen molar-refractivity contribution in [3.8, 4) is 0 Å². The monoisotopic (exact) mass is 467 g/mol. The molecule has 7 nitrogen and oxygen atoms in total. The van der Waals surface area contributed by atoms with Crippen LogP contribution in [0, 0.1) is 12.3 Å². The molecule has 2 aliphatic rings. The number of carbonyl (C=O) groups excluding carboxylic acids is 1. The Morgan fingerprint density at radius 1 is 1.06 bits per heavy atom. The van der Waals surface area contributed by atoms with Crippen LogP contribution in [0.4, 0.5) is 4.79 Å². The minimum Gasteiger partial charge on any atom is -0.444 e. The van der Waals surface area contributed by atoms with Crippen molar-refractivity contribution >= 4 is 16.2 Å². The average Bonchev–Trinajstić information content (AvgIpc) is 2.72. The van der Waals surface area contributed by atoms with E-state index in [1.54, 1.807) is 29.2 Å². The van der Waals surface area contributed by atoms with E-state index in [0.29, 0.717) is 13.1 Å². The summed E-state index contributed by atoms with van der Waals surface area (Å²) in [4.78, 5) is 14.5. The Kier molecular flexibility index (Phi) is 7.89. The van der Waals surface area contributed by atoms with Crippen LogP contribution in [0.3, 0.4) is 0 Å². The minimum absolute atomic E-state index is 0.0343. The predicted molar refractivity (Wildman–Crippen MR) is 122 cm³/mol. The molecule has 2 fully saturated rings. The fraction of sp³-hybridized carbons (Fsp3) is 0.708. The number of aryl methyl sites for hydroxylation is 1. The number of ether oxygens (including phenoxy) is 2. The number of benzene rings is 1. The van der Waals surface area contributed by atoms with Crippen LogP contribution in [0.1, 0.15) is 64.9 Å². The van der Waals surface area contributed by atoms with E-state index in [9.17, 15) is 13.2 Å². The standard InChI is InChI=1S/C24H37NO6S/c1-19-8-10-20(11-9-19)32(27,28)30-17-16-29-21-18-25(22(26)31-23(2,3)4)15-14-24(21)12-6-5-7-13-24/h8-11,21H,5-7,12-18H2,1-4H3. The largest absolute Gasteiger partial charge is 0.444 e. The second-order valence-corrected chi connectivity index (χ2v) is 11.7. The molecule has 1 amide bonds. The van der Waals surface area contributed by atoms with Crippen LogP contribution < -0.4 is 0 Å². The second-order valence-electron chi connectivity index (χ2n) is 10.0. The number of hydrogen-bond acceptors (Lipinski definition) is 6. The first-order valence-electron chi connectivity index (χ1n) is 11.6. The highest BCUT2D eigenvalue weighted by atomic mass is 32.2. The molecule has 0 aromatic heterocycles. The summed E-state index contributed by atoms with van der Waals surface area (Å²) >= 11 is 0. The lowest BCUT2D eigenvalue weighted by Crippen LogP contribution is -2.55. The van der Waals surface area contributed by atoms with Gasteiger partial charge in [0.1, 0.15) is 5.60 Å². The molecule has 1 aliphatic carbocycles. The first-order valence-corrected chi connectivity index (χ1v) is 13.0. The first-order chi connectivity index (χ1) is 15.0. The van der Waals surface area contributed by atoms with E-state index in [1.807, 2.05) is 27.7 Å².